The molecule has 1 saturated carbocycles. The van der Waals surface area contributed by atoms with E-state index in [0.29, 0.717) is 18.0 Å². The minimum Gasteiger partial charge on any atom is -0.370 e. The molecule has 0 radical (unpaired) electrons. The molecule has 2 N–H and O–H groups in total. The third-order valence-corrected chi connectivity index (χ3v) is 3.90. The van der Waals surface area contributed by atoms with Crippen molar-refractivity contribution in [3.8, 4) is 0 Å². The Bertz CT molecular complexity index is 292. The van der Waals surface area contributed by atoms with Gasteiger partial charge in [-0.15, -0.1) is 24.0 Å². The van der Waals surface area contributed by atoms with Crippen molar-refractivity contribution in [3.05, 3.63) is 0 Å². The van der Waals surface area contributed by atoms with Gasteiger partial charge in [0.1, 0.15) is 0 Å². The van der Waals surface area contributed by atoms with Crippen LogP contribution in [0, 0.1) is 0 Å². The van der Waals surface area contributed by atoms with Crippen LogP contribution in [0.4, 0.5) is 0 Å². The number of likely N-dealkylation sites (N-methyl/N-ethyl adjacent to an activating group) is 2. The Morgan fingerprint density at radius 1 is 1.33 bits per heavy atom. The molecule has 0 spiro atoms. The largest absolute Gasteiger partial charge is 0.370 e. The molecule has 1 atom stereocenters. The van der Waals surface area contributed by atoms with E-state index < -0.39 is 0 Å². The third kappa shape index (κ3) is 4.24. The Morgan fingerprint density at radius 3 is 2.61 bits per heavy atom. The zero-order chi connectivity index (χ0) is 12.4. The molecule has 0 aromatic heterocycles. The second-order valence-electron chi connectivity index (χ2n) is 5.44. The molecule has 106 valence electrons. The van der Waals surface area contributed by atoms with Crippen LogP contribution in [-0.4, -0.2) is 80.1 Å². The Hall–Kier alpha value is -0.0800. The molecule has 1 aliphatic heterocycles. The molecule has 2 fully saturated rings. The highest BCUT2D eigenvalue weighted by molar-refractivity contribution is 14.0. The highest BCUT2D eigenvalue weighted by Gasteiger charge is 2.28. The number of guanidine groups is 1. The van der Waals surface area contributed by atoms with Crippen molar-refractivity contribution >= 4 is 29.9 Å². The normalized spacial score (nSPS) is 26.8. The first-order valence-corrected chi connectivity index (χ1v) is 6.49. The Morgan fingerprint density at radius 2 is 2.00 bits per heavy atom. The van der Waals surface area contributed by atoms with Crippen molar-refractivity contribution in [1.29, 1.82) is 0 Å². The average Bonchev–Trinajstić information content (AvgIpc) is 3.13. The predicted octanol–water partition coefficient (Wildman–Crippen LogP) is 0.259. The maximum atomic E-state index is 6.00. The summed E-state index contributed by atoms with van der Waals surface area (Å²) in [7, 11) is 6.39. The van der Waals surface area contributed by atoms with Crippen molar-refractivity contribution in [2.75, 3.05) is 47.3 Å². The van der Waals surface area contributed by atoms with Gasteiger partial charge in [0, 0.05) is 38.8 Å². The molecular weight excluding hydrogens is 341 g/mol. The van der Waals surface area contributed by atoms with E-state index >= 15 is 0 Å². The number of nitrogens with zero attached hydrogens (tertiary/aromatic N) is 4. The second-order valence-corrected chi connectivity index (χ2v) is 5.44. The second kappa shape index (κ2) is 6.91. The maximum Gasteiger partial charge on any atom is 0.191 e. The number of hydrogen-bond donors (Lipinski definition) is 1. The summed E-state index contributed by atoms with van der Waals surface area (Å²) in [6, 6.07) is 1.14. The number of hydrogen-bond acceptors (Lipinski definition) is 3. The van der Waals surface area contributed by atoms with E-state index in [4.69, 9.17) is 5.73 Å². The molecule has 1 heterocycles. The van der Waals surface area contributed by atoms with E-state index in [1.54, 1.807) is 0 Å². The third-order valence-electron chi connectivity index (χ3n) is 3.90. The van der Waals surface area contributed by atoms with E-state index in [1.165, 1.54) is 12.8 Å². The minimum absolute atomic E-state index is 0. The summed E-state index contributed by atoms with van der Waals surface area (Å²) in [5.41, 5.74) is 6.00. The summed E-state index contributed by atoms with van der Waals surface area (Å²) < 4.78 is 0. The molecule has 0 bridgehead atoms. The molecule has 0 amide bonds. The summed E-state index contributed by atoms with van der Waals surface area (Å²) in [5.74, 6) is 0.703. The van der Waals surface area contributed by atoms with Gasteiger partial charge in [0.05, 0.1) is 6.54 Å². The number of rotatable bonds is 3. The Kier molecular flexibility index (Phi) is 6.13. The van der Waals surface area contributed by atoms with Crippen LogP contribution in [0.15, 0.2) is 4.99 Å². The van der Waals surface area contributed by atoms with Gasteiger partial charge in [-0.1, -0.05) is 0 Å². The van der Waals surface area contributed by atoms with Gasteiger partial charge >= 0.3 is 0 Å². The van der Waals surface area contributed by atoms with E-state index in [0.717, 1.165) is 26.2 Å². The maximum absolute atomic E-state index is 6.00. The minimum atomic E-state index is 0. The Labute approximate surface area is 127 Å². The van der Waals surface area contributed by atoms with E-state index in [-0.39, 0.29) is 24.0 Å². The van der Waals surface area contributed by atoms with Crippen molar-refractivity contribution in [1.82, 2.24) is 14.7 Å². The van der Waals surface area contributed by atoms with E-state index in [9.17, 15) is 0 Å². The lowest BCUT2D eigenvalue weighted by Crippen LogP contribution is -2.51. The fraction of sp³-hybridized carbons (Fsp3) is 0.917. The van der Waals surface area contributed by atoms with Crippen molar-refractivity contribution in [2.24, 2.45) is 10.7 Å². The van der Waals surface area contributed by atoms with Gasteiger partial charge in [0.15, 0.2) is 5.96 Å². The monoisotopic (exact) mass is 367 g/mol. The van der Waals surface area contributed by atoms with Crippen LogP contribution in [0.25, 0.3) is 0 Å². The van der Waals surface area contributed by atoms with Gasteiger partial charge in [-0.3, -0.25) is 9.89 Å². The average molecular weight is 367 g/mol. The van der Waals surface area contributed by atoms with Crippen molar-refractivity contribution < 1.29 is 0 Å². The molecule has 2 aliphatic rings. The van der Waals surface area contributed by atoms with Gasteiger partial charge in [-0.25, -0.2) is 0 Å². The Balaban J connectivity index is 0.00000162. The first-order valence-electron chi connectivity index (χ1n) is 6.49. The van der Waals surface area contributed by atoms with Crippen LogP contribution in [0.3, 0.4) is 0 Å². The van der Waals surface area contributed by atoms with Crippen LogP contribution in [-0.2, 0) is 0 Å². The van der Waals surface area contributed by atoms with Gasteiger partial charge in [-0.2, -0.15) is 0 Å². The smallest absolute Gasteiger partial charge is 0.191 e. The summed E-state index contributed by atoms with van der Waals surface area (Å²) in [4.78, 5) is 11.4. The van der Waals surface area contributed by atoms with Crippen LogP contribution < -0.4 is 5.73 Å². The standard InChI is InChI=1S/C12H25N5.HI/c1-15-6-7-16(2)11(9-15)8-14-12(13)17(3)10-4-5-10;/h10-11H,4-9H2,1-3H3,(H2,13,14);1H. The van der Waals surface area contributed by atoms with Crippen LogP contribution in [0.5, 0.6) is 0 Å². The van der Waals surface area contributed by atoms with Gasteiger partial charge in [0.2, 0.25) is 0 Å². The summed E-state index contributed by atoms with van der Waals surface area (Å²) in [5, 5.41) is 0. The van der Waals surface area contributed by atoms with Gasteiger partial charge < -0.3 is 15.5 Å². The molecule has 0 aromatic rings. The van der Waals surface area contributed by atoms with Crippen LogP contribution >= 0.6 is 24.0 Å². The lowest BCUT2D eigenvalue weighted by atomic mass is 10.2. The summed E-state index contributed by atoms with van der Waals surface area (Å²) in [6.45, 7) is 4.16. The molecule has 18 heavy (non-hydrogen) atoms. The zero-order valence-electron chi connectivity index (χ0n) is 11.7. The summed E-state index contributed by atoms with van der Waals surface area (Å²) in [6.07, 6.45) is 2.53. The van der Waals surface area contributed by atoms with Crippen LogP contribution in [0.1, 0.15) is 12.8 Å². The van der Waals surface area contributed by atoms with Gasteiger partial charge in [-0.05, 0) is 26.9 Å². The highest BCUT2D eigenvalue weighted by Crippen LogP contribution is 2.24. The molecular formula is C12H26IN5. The first kappa shape index (κ1) is 16.0. The molecule has 6 heteroatoms. The van der Waals surface area contributed by atoms with E-state index in [1.807, 2.05) is 7.05 Å². The highest BCUT2D eigenvalue weighted by atomic mass is 127. The first-order chi connectivity index (χ1) is 8.08. The topological polar surface area (TPSA) is 48.1 Å². The lowest BCUT2D eigenvalue weighted by Gasteiger charge is -2.37. The quantitative estimate of drug-likeness (QED) is 0.442. The fourth-order valence-corrected chi connectivity index (χ4v) is 2.26. The van der Waals surface area contributed by atoms with Crippen molar-refractivity contribution in [2.45, 2.75) is 24.9 Å². The van der Waals surface area contributed by atoms with Crippen LogP contribution in [0.2, 0.25) is 0 Å². The number of nitrogens with two attached hydrogens (primary N) is 1. The van der Waals surface area contributed by atoms with Crippen molar-refractivity contribution in [3.63, 3.8) is 0 Å². The summed E-state index contributed by atoms with van der Waals surface area (Å²) >= 11 is 0. The number of aliphatic imine (C=N–C) groups is 1. The fourth-order valence-electron chi connectivity index (χ4n) is 2.26. The van der Waals surface area contributed by atoms with E-state index in [2.05, 4.69) is 33.8 Å². The molecule has 5 nitrogen and oxygen atoms in total. The molecule has 1 unspecified atom stereocenters. The molecule has 0 aromatic carbocycles. The zero-order valence-corrected chi connectivity index (χ0v) is 14.0. The molecule has 2 rings (SSSR count). The SMILES string of the molecule is CN1CCN(C)C(CN=C(N)N(C)C2CC2)C1.I. The molecule has 1 saturated heterocycles. The number of piperazine rings is 1. The molecule has 1 aliphatic carbocycles. The lowest BCUT2D eigenvalue weighted by molar-refractivity contribution is 0.119. The van der Waals surface area contributed by atoms with Gasteiger partial charge in [0.25, 0.3) is 0 Å². The predicted molar refractivity (Wildman–Crippen MR) is 86.6 cm³/mol. The number of halogens is 1.